The van der Waals surface area contributed by atoms with Crippen LogP contribution in [-0.4, -0.2) is 17.3 Å². The minimum Gasteiger partial charge on any atom is -0.481 e. The van der Waals surface area contributed by atoms with Crippen molar-refractivity contribution in [3.05, 3.63) is 60.5 Å². The molecule has 0 aliphatic rings. The first-order valence-electron chi connectivity index (χ1n) is 7.43. The fraction of sp³-hybridized carbons (Fsp3) is 0.167. The lowest BCUT2D eigenvalue weighted by atomic mass is 10.3. The Morgan fingerprint density at radius 1 is 1.13 bits per heavy atom. The highest BCUT2D eigenvalue weighted by molar-refractivity contribution is 5.70. The van der Waals surface area contributed by atoms with Crippen LogP contribution < -0.4 is 4.57 Å². The number of carbonyl (C=O) groups is 1. The summed E-state index contributed by atoms with van der Waals surface area (Å²) >= 11 is 0. The van der Waals surface area contributed by atoms with E-state index < -0.39 is 5.97 Å². The minimum atomic E-state index is -0.827. The van der Waals surface area contributed by atoms with Gasteiger partial charge in [-0.25, -0.2) is 0 Å². The molecular formula is C18H17N2O3+. The van der Waals surface area contributed by atoms with E-state index in [1.165, 1.54) is 0 Å². The Bertz CT molecular complexity index is 838. The molecule has 1 N–H and O–H groups in total. The average Bonchev–Trinajstić information content (AvgIpc) is 2.91. The van der Waals surface area contributed by atoms with Crippen LogP contribution in [0.3, 0.4) is 0 Å². The summed E-state index contributed by atoms with van der Waals surface area (Å²) in [7, 11) is 0. The molecule has 0 saturated heterocycles. The third-order valence-electron chi connectivity index (χ3n) is 3.50. The van der Waals surface area contributed by atoms with Gasteiger partial charge in [-0.1, -0.05) is 30.3 Å². The van der Waals surface area contributed by atoms with Gasteiger partial charge in [-0.2, -0.15) is 4.57 Å². The van der Waals surface area contributed by atoms with Crippen LogP contribution in [0.4, 0.5) is 5.69 Å². The number of aliphatic imine (C=N–C) groups is 1. The lowest BCUT2D eigenvalue weighted by Gasteiger charge is -1.94. The van der Waals surface area contributed by atoms with E-state index in [1.54, 1.807) is 6.21 Å². The Labute approximate surface area is 133 Å². The van der Waals surface area contributed by atoms with E-state index >= 15 is 0 Å². The van der Waals surface area contributed by atoms with Crippen molar-refractivity contribution in [1.29, 1.82) is 0 Å². The van der Waals surface area contributed by atoms with Crippen molar-refractivity contribution in [3.63, 3.8) is 0 Å². The first kappa shape index (κ1) is 15.0. The first-order chi connectivity index (χ1) is 11.2. The quantitative estimate of drug-likeness (QED) is 0.562. The standard InChI is InChI=1S/C18H16N2O3/c21-18(22)11-13-20-15-8-4-5-9-16(15)23-17(20)10-12-19-14-6-2-1-3-7-14/h1-9,12H,10-11,13H2/p+1. The maximum Gasteiger partial charge on any atom is 0.353 e. The van der Waals surface area contributed by atoms with Gasteiger partial charge in [0.25, 0.3) is 5.52 Å². The summed E-state index contributed by atoms with van der Waals surface area (Å²) in [6, 6.07) is 17.3. The monoisotopic (exact) mass is 309 g/mol. The van der Waals surface area contributed by atoms with Crippen molar-refractivity contribution in [2.75, 3.05) is 0 Å². The summed E-state index contributed by atoms with van der Waals surface area (Å²) < 4.78 is 7.75. The van der Waals surface area contributed by atoms with Gasteiger partial charge in [0.15, 0.2) is 6.54 Å². The number of hydrogen-bond acceptors (Lipinski definition) is 3. The van der Waals surface area contributed by atoms with Crippen molar-refractivity contribution in [3.8, 4) is 0 Å². The highest BCUT2D eigenvalue weighted by Crippen LogP contribution is 2.14. The van der Waals surface area contributed by atoms with Crippen molar-refractivity contribution in [2.45, 2.75) is 19.4 Å². The number of carboxylic acid groups (broad SMARTS) is 1. The molecule has 0 radical (unpaired) electrons. The van der Waals surface area contributed by atoms with E-state index in [2.05, 4.69) is 4.99 Å². The molecule has 1 aromatic heterocycles. The molecule has 0 amide bonds. The van der Waals surface area contributed by atoms with E-state index in [0.717, 1.165) is 16.8 Å². The van der Waals surface area contributed by atoms with Gasteiger partial charge in [0.05, 0.1) is 5.69 Å². The molecule has 3 aromatic rings. The molecule has 116 valence electrons. The second kappa shape index (κ2) is 6.87. The van der Waals surface area contributed by atoms with Gasteiger partial charge in [0.2, 0.25) is 5.58 Å². The van der Waals surface area contributed by atoms with Crippen LogP contribution in [0, 0.1) is 0 Å². The van der Waals surface area contributed by atoms with Gasteiger partial charge in [0.1, 0.15) is 12.8 Å². The molecule has 0 saturated carbocycles. The topological polar surface area (TPSA) is 66.7 Å². The molecule has 3 rings (SSSR count). The van der Waals surface area contributed by atoms with Crippen molar-refractivity contribution < 1.29 is 18.9 Å². The summed E-state index contributed by atoms with van der Waals surface area (Å²) in [6.45, 7) is 0.376. The van der Waals surface area contributed by atoms with Crippen molar-refractivity contribution >= 4 is 29.0 Å². The van der Waals surface area contributed by atoms with Gasteiger partial charge < -0.3 is 9.52 Å². The smallest absolute Gasteiger partial charge is 0.353 e. The molecule has 0 unspecified atom stereocenters. The average molecular weight is 309 g/mol. The van der Waals surface area contributed by atoms with E-state index in [4.69, 9.17) is 9.52 Å². The molecule has 0 bridgehead atoms. The van der Waals surface area contributed by atoms with Crippen molar-refractivity contribution in [2.24, 2.45) is 4.99 Å². The molecule has 5 heteroatoms. The Kier molecular flexibility index (Phi) is 4.47. The predicted molar refractivity (Wildman–Crippen MR) is 87.0 cm³/mol. The minimum absolute atomic E-state index is 0.0526. The van der Waals surface area contributed by atoms with E-state index in [0.29, 0.717) is 18.9 Å². The predicted octanol–water partition coefficient (Wildman–Crippen LogP) is 3.14. The third-order valence-corrected chi connectivity index (χ3v) is 3.50. The number of nitrogens with zero attached hydrogens (tertiary/aromatic N) is 2. The maximum absolute atomic E-state index is 10.9. The zero-order valence-electron chi connectivity index (χ0n) is 12.6. The number of benzene rings is 2. The molecule has 0 aliphatic carbocycles. The zero-order valence-corrected chi connectivity index (χ0v) is 12.6. The number of carboxylic acids is 1. The fourth-order valence-corrected chi connectivity index (χ4v) is 2.43. The summed E-state index contributed by atoms with van der Waals surface area (Å²) in [6.07, 6.45) is 2.34. The summed E-state index contributed by atoms with van der Waals surface area (Å²) in [4.78, 5) is 15.3. The second-order valence-electron chi connectivity index (χ2n) is 5.11. The van der Waals surface area contributed by atoms with Gasteiger partial charge in [-0.05, 0) is 18.2 Å². The summed E-state index contributed by atoms with van der Waals surface area (Å²) in [5, 5.41) is 8.93. The van der Waals surface area contributed by atoms with Crippen LogP contribution in [0.25, 0.3) is 11.1 Å². The molecule has 0 atom stereocenters. The highest BCUT2D eigenvalue weighted by atomic mass is 16.4. The molecule has 0 spiro atoms. The van der Waals surface area contributed by atoms with Crippen LogP contribution in [0.1, 0.15) is 12.3 Å². The number of aromatic nitrogens is 1. The summed E-state index contributed by atoms with van der Waals surface area (Å²) in [5.74, 6) is -0.126. The Morgan fingerprint density at radius 3 is 2.65 bits per heavy atom. The van der Waals surface area contributed by atoms with Gasteiger partial charge in [0, 0.05) is 12.3 Å². The third kappa shape index (κ3) is 3.63. The van der Waals surface area contributed by atoms with Crippen LogP contribution in [0.2, 0.25) is 0 Å². The normalized spacial score (nSPS) is 11.3. The second-order valence-corrected chi connectivity index (χ2v) is 5.11. The number of aryl methyl sites for hydroxylation is 1. The molecule has 0 fully saturated rings. The van der Waals surface area contributed by atoms with E-state index in [9.17, 15) is 4.79 Å². The Balaban J connectivity index is 1.85. The molecule has 1 heterocycles. The summed E-state index contributed by atoms with van der Waals surface area (Å²) in [5.41, 5.74) is 2.53. The SMILES string of the molecule is O=C(O)CC[n+]1c(CC=Nc2ccccc2)oc2ccccc21. The van der Waals surface area contributed by atoms with E-state index in [1.807, 2.05) is 59.2 Å². The Morgan fingerprint density at radius 2 is 1.87 bits per heavy atom. The Hall–Kier alpha value is -2.95. The highest BCUT2D eigenvalue weighted by Gasteiger charge is 2.21. The lowest BCUT2D eigenvalue weighted by Crippen LogP contribution is -2.37. The van der Waals surface area contributed by atoms with Gasteiger partial charge in [-0.3, -0.25) is 9.79 Å². The number of fused-ring (bicyclic) bond motifs is 1. The fourth-order valence-electron chi connectivity index (χ4n) is 2.43. The molecule has 0 aliphatic heterocycles. The first-order valence-corrected chi connectivity index (χ1v) is 7.43. The number of oxazole rings is 1. The molecule has 5 nitrogen and oxygen atoms in total. The largest absolute Gasteiger partial charge is 0.481 e. The van der Waals surface area contributed by atoms with Crippen LogP contribution in [0.15, 0.2) is 64.0 Å². The molecule has 23 heavy (non-hydrogen) atoms. The van der Waals surface area contributed by atoms with Gasteiger partial charge >= 0.3 is 11.9 Å². The number of rotatable bonds is 6. The zero-order chi connectivity index (χ0) is 16.1. The number of para-hydroxylation sites is 3. The van der Waals surface area contributed by atoms with E-state index in [-0.39, 0.29) is 6.42 Å². The van der Waals surface area contributed by atoms with Crippen LogP contribution in [0.5, 0.6) is 0 Å². The molecular weight excluding hydrogens is 292 g/mol. The lowest BCUT2D eigenvalue weighted by molar-refractivity contribution is -0.682. The van der Waals surface area contributed by atoms with Crippen LogP contribution >= 0.6 is 0 Å². The number of hydrogen-bond donors (Lipinski definition) is 1. The van der Waals surface area contributed by atoms with Gasteiger partial charge in [-0.15, -0.1) is 0 Å². The number of aliphatic carboxylic acids is 1. The van der Waals surface area contributed by atoms with Crippen LogP contribution in [-0.2, 0) is 17.8 Å². The maximum atomic E-state index is 10.9. The van der Waals surface area contributed by atoms with Crippen molar-refractivity contribution in [1.82, 2.24) is 0 Å². The molecule has 2 aromatic carbocycles.